The van der Waals surface area contributed by atoms with Crippen LogP contribution in [-0.2, 0) is 11.2 Å². The van der Waals surface area contributed by atoms with E-state index in [9.17, 15) is 4.79 Å². The quantitative estimate of drug-likeness (QED) is 0.866. The molecular weight excluding hydrogens is 260 g/mol. The molecule has 1 heterocycles. The van der Waals surface area contributed by atoms with E-state index in [0.29, 0.717) is 12.5 Å². The predicted octanol–water partition coefficient (Wildman–Crippen LogP) is 3.02. The number of nitrogens with zero attached hydrogens (tertiary/aromatic N) is 1. The first kappa shape index (κ1) is 15.8. The lowest BCUT2D eigenvalue weighted by atomic mass is 9.99. The molecule has 1 aromatic rings. The van der Waals surface area contributed by atoms with E-state index in [-0.39, 0.29) is 18.3 Å². The Morgan fingerprint density at radius 3 is 2.63 bits per heavy atom. The van der Waals surface area contributed by atoms with E-state index >= 15 is 0 Å². The second kappa shape index (κ2) is 7.39. The van der Waals surface area contributed by atoms with Crippen LogP contribution in [0.3, 0.4) is 0 Å². The van der Waals surface area contributed by atoms with Gasteiger partial charge in [0.15, 0.2) is 0 Å². The van der Waals surface area contributed by atoms with Gasteiger partial charge >= 0.3 is 0 Å². The largest absolute Gasteiger partial charge is 0.399 e. The molecule has 1 aliphatic heterocycles. The number of nitrogens with two attached hydrogens (primary N) is 1. The number of halogens is 1. The van der Waals surface area contributed by atoms with Crippen LogP contribution in [-0.4, -0.2) is 23.4 Å². The van der Waals surface area contributed by atoms with Gasteiger partial charge in [0.25, 0.3) is 0 Å². The minimum atomic E-state index is 0. The summed E-state index contributed by atoms with van der Waals surface area (Å²) in [6.07, 6.45) is 5.11. The molecule has 19 heavy (non-hydrogen) atoms. The summed E-state index contributed by atoms with van der Waals surface area (Å²) in [5.41, 5.74) is 7.45. The molecule has 0 saturated carbocycles. The van der Waals surface area contributed by atoms with Crippen molar-refractivity contribution in [1.82, 2.24) is 4.90 Å². The molecule has 0 bridgehead atoms. The van der Waals surface area contributed by atoms with Crippen molar-refractivity contribution in [3.05, 3.63) is 29.8 Å². The summed E-state index contributed by atoms with van der Waals surface area (Å²) in [4.78, 5) is 14.4. The van der Waals surface area contributed by atoms with Gasteiger partial charge in [-0.05, 0) is 43.4 Å². The Morgan fingerprint density at radius 2 is 2.00 bits per heavy atom. The molecular formula is C15H23ClN2O. The maximum Gasteiger partial charge on any atom is 0.227 e. The Balaban J connectivity index is 0.00000180. The summed E-state index contributed by atoms with van der Waals surface area (Å²) < 4.78 is 0. The lowest BCUT2D eigenvalue weighted by molar-refractivity contribution is -0.134. The van der Waals surface area contributed by atoms with Crippen molar-refractivity contribution in [1.29, 1.82) is 0 Å². The Labute approximate surface area is 121 Å². The first-order valence-corrected chi connectivity index (χ1v) is 6.84. The third kappa shape index (κ3) is 4.13. The number of piperidine rings is 1. The van der Waals surface area contributed by atoms with Crippen LogP contribution in [0.25, 0.3) is 0 Å². The number of anilines is 1. The Hall–Kier alpha value is -1.22. The monoisotopic (exact) mass is 282 g/mol. The Morgan fingerprint density at radius 1 is 1.32 bits per heavy atom. The van der Waals surface area contributed by atoms with Crippen LogP contribution in [0, 0.1) is 0 Å². The summed E-state index contributed by atoms with van der Waals surface area (Å²) in [5, 5.41) is 0. The number of rotatable bonds is 3. The maximum absolute atomic E-state index is 12.3. The molecule has 2 rings (SSSR count). The summed E-state index contributed by atoms with van der Waals surface area (Å²) in [6, 6.07) is 8.04. The molecule has 106 valence electrons. The lowest BCUT2D eigenvalue weighted by Crippen LogP contribution is -2.44. The van der Waals surface area contributed by atoms with Gasteiger partial charge in [-0.1, -0.05) is 19.1 Å². The molecule has 3 nitrogen and oxygen atoms in total. The summed E-state index contributed by atoms with van der Waals surface area (Å²) in [6.45, 7) is 3.09. The molecule has 1 atom stereocenters. The first-order chi connectivity index (χ1) is 8.70. The second-order valence-electron chi connectivity index (χ2n) is 5.06. The van der Waals surface area contributed by atoms with E-state index in [2.05, 4.69) is 11.8 Å². The highest BCUT2D eigenvalue weighted by molar-refractivity contribution is 5.85. The van der Waals surface area contributed by atoms with Gasteiger partial charge in [-0.3, -0.25) is 4.79 Å². The number of benzene rings is 1. The fraction of sp³-hybridized carbons (Fsp3) is 0.533. The Bertz CT molecular complexity index is 405. The number of amides is 1. The molecule has 1 aliphatic rings. The average Bonchev–Trinajstić information content (AvgIpc) is 2.41. The van der Waals surface area contributed by atoms with Crippen LogP contribution in [0.5, 0.6) is 0 Å². The van der Waals surface area contributed by atoms with Crippen LogP contribution >= 0.6 is 12.4 Å². The maximum atomic E-state index is 12.3. The smallest absolute Gasteiger partial charge is 0.227 e. The van der Waals surface area contributed by atoms with Crippen LogP contribution in [0.2, 0.25) is 0 Å². The minimum absolute atomic E-state index is 0. The third-order valence-corrected chi connectivity index (χ3v) is 3.75. The van der Waals surface area contributed by atoms with E-state index in [1.165, 1.54) is 6.42 Å². The molecule has 1 aromatic carbocycles. The highest BCUT2D eigenvalue weighted by Crippen LogP contribution is 2.20. The van der Waals surface area contributed by atoms with Gasteiger partial charge in [-0.15, -0.1) is 12.4 Å². The van der Waals surface area contributed by atoms with Crippen molar-refractivity contribution < 1.29 is 4.79 Å². The molecule has 1 unspecified atom stereocenters. The second-order valence-corrected chi connectivity index (χ2v) is 5.06. The fourth-order valence-corrected chi connectivity index (χ4v) is 2.67. The van der Waals surface area contributed by atoms with Gasteiger partial charge in [0.05, 0.1) is 6.42 Å². The number of carbonyl (C=O) groups is 1. The van der Waals surface area contributed by atoms with Crippen molar-refractivity contribution in [2.45, 2.75) is 45.1 Å². The number of hydrogen-bond donors (Lipinski definition) is 1. The summed E-state index contributed by atoms with van der Waals surface area (Å²) >= 11 is 0. The predicted molar refractivity (Wildman–Crippen MR) is 81.4 cm³/mol. The fourth-order valence-electron chi connectivity index (χ4n) is 2.67. The molecule has 2 N–H and O–H groups in total. The summed E-state index contributed by atoms with van der Waals surface area (Å²) in [7, 11) is 0. The van der Waals surface area contributed by atoms with E-state index in [1.807, 2.05) is 24.3 Å². The molecule has 0 aliphatic carbocycles. The van der Waals surface area contributed by atoms with E-state index < -0.39 is 0 Å². The molecule has 0 radical (unpaired) electrons. The SMILES string of the molecule is CCC1CCCCN1C(=O)Cc1ccc(N)cc1.Cl. The number of hydrogen-bond acceptors (Lipinski definition) is 2. The van der Waals surface area contributed by atoms with E-state index in [0.717, 1.165) is 37.1 Å². The normalized spacial score (nSPS) is 18.8. The van der Waals surface area contributed by atoms with Gasteiger partial charge < -0.3 is 10.6 Å². The average molecular weight is 283 g/mol. The van der Waals surface area contributed by atoms with Crippen molar-refractivity contribution in [3.63, 3.8) is 0 Å². The zero-order chi connectivity index (χ0) is 13.0. The third-order valence-electron chi connectivity index (χ3n) is 3.75. The van der Waals surface area contributed by atoms with Crippen LogP contribution in [0.1, 0.15) is 38.2 Å². The lowest BCUT2D eigenvalue weighted by Gasteiger charge is -2.35. The van der Waals surface area contributed by atoms with Gasteiger partial charge in [-0.2, -0.15) is 0 Å². The zero-order valence-corrected chi connectivity index (χ0v) is 12.3. The van der Waals surface area contributed by atoms with E-state index in [4.69, 9.17) is 5.73 Å². The molecule has 1 saturated heterocycles. The standard InChI is InChI=1S/C15H22N2O.ClH/c1-2-14-5-3-4-10-17(14)15(18)11-12-6-8-13(16)9-7-12;/h6-9,14H,2-5,10-11,16H2,1H3;1H. The van der Waals surface area contributed by atoms with Gasteiger partial charge in [0, 0.05) is 18.3 Å². The molecule has 4 heteroatoms. The van der Waals surface area contributed by atoms with Crippen molar-refractivity contribution >= 4 is 24.0 Å². The van der Waals surface area contributed by atoms with Gasteiger partial charge in [0.1, 0.15) is 0 Å². The molecule has 0 spiro atoms. The first-order valence-electron chi connectivity index (χ1n) is 6.84. The number of likely N-dealkylation sites (tertiary alicyclic amines) is 1. The Kier molecular flexibility index (Phi) is 6.16. The highest BCUT2D eigenvalue weighted by Gasteiger charge is 2.24. The van der Waals surface area contributed by atoms with Crippen molar-refractivity contribution in [3.8, 4) is 0 Å². The van der Waals surface area contributed by atoms with Crippen LogP contribution < -0.4 is 5.73 Å². The van der Waals surface area contributed by atoms with Gasteiger partial charge in [0.2, 0.25) is 5.91 Å². The zero-order valence-electron chi connectivity index (χ0n) is 11.5. The number of carbonyl (C=O) groups excluding carboxylic acids is 1. The molecule has 1 amide bonds. The number of nitrogen functional groups attached to an aromatic ring is 1. The topological polar surface area (TPSA) is 46.3 Å². The molecule has 0 aromatic heterocycles. The highest BCUT2D eigenvalue weighted by atomic mass is 35.5. The van der Waals surface area contributed by atoms with Gasteiger partial charge in [-0.25, -0.2) is 0 Å². The minimum Gasteiger partial charge on any atom is -0.399 e. The van der Waals surface area contributed by atoms with Crippen molar-refractivity contribution in [2.24, 2.45) is 0 Å². The summed E-state index contributed by atoms with van der Waals surface area (Å²) in [5.74, 6) is 0.256. The van der Waals surface area contributed by atoms with Crippen molar-refractivity contribution in [2.75, 3.05) is 12.3 Å². The van der Waals surface area contributed by atoms with Crippen LogP contribution in [0.4, 0.5) is 5.69 Å². The molecule has 1 fully saturated rings. The van der Waals surface area contributed by atoms with Crippen LogP contribution in [0.15, 0.2) is 24.3 Å². The van der Waals surface area contributed by atoms with E-state index in [1.54, 1.807) is 0 Å².